The molecule has 1 fully saturated rings. The maximum atomic E-state index is 11.4. The van der Waals surface area contributed by atoms with Crippen LogP contribution in [0.1, 0.15) is 30.0 Å². The summed E-state index contributed by atoms with van der Waals surface area (Å²) < 4.78 is 0.986. The van der Waals surface area contributed by atoms with Gasteiger partial charge in [0.15, 0.2) is 0 Å². The Morgan fingerprint density at radius 3 is 2.65 bits per heavy atom. The third kappa shape index (κ3) is 2.11. The van der Waals surface area contributed by atoms with Gasteiger partial charge in [-0.25, -0.2) is 0 Å². The second-order valence-corrected chi connectivity index (χ2v) is 5.60. The van der Waals surface area contributed by atoms with Crippen molar-refractivity contribution in [2.45, 2.75) is 25.8 Å². The molecule has 2 N–H and O–H groups in total. The van der Waals surface area contributed by atoms with E-state index in [1.165, 1.54) is 0 Å². The first kappa shape index (κ1) is 12.6. The van der Waals surface area contributed by atoms with Gasteiger partial charge in [0.2, 0.25) is 0 Å². The molecule has 1 aromatic carbocycles. The predicted molar refractivity (Wildman–Crippen MR) is 70.0 cm³/mol. The quantitative estimate of drug-likeness (QED) is 0.898. The van der Waals surface area contributed by atoms with E-state index in [-0.39, 0.29) is 6.04 Å². The van der Waals surface area contributed by atoms with E-state index >= 15 is 0 Å². The number of hydrogen-bond acceptors (Lipinski definition) is 2. The summed E-state index contributed by atoms with van der Waals surface area (Å²) in [5.74, 6) is -0.698. The molecule has 0 radical (unpaired) electrons. The van der Waals surface area contributed by atoms with Crippen molar-refractivity contribution in [2.75, 3.05) is 7.05 Å². The van der Waals surface area contributed by atoms with Gasteiger partial charge in [0, 0.05) is 10.5 Å². The summed E-state index contributed by atoms with van der Waals surface area (Å²) >= 11 is 3.44. The second-order valence-electron chi connectivity index (χ2n) is 4.68. The molecule has 1 saturated carbocycles. The largest absolute Gasteiger partial charge is 0.481 e. The zero-order valence-electron chi connectivity index (χ0n) is 9.96. The minimum Gasteiger partial charge on any atom is -0.481 e. The molecule has 17 heavy (non-hydrogen) atoms. The van der Waals surface area contributed by atoms with Crippen LogP contribution in [0, 0.1) is 12.3 Å². The molecule has 0 heterocycles. The fraction of sp³-hybridized carbons (Fsp3) is 0.462. The Hall–Kier alpha value is -0.870. The fourth-order valence-electron chi connectivity index (χ4n) is 2.41. The normalized spacial score (nSPS) is 18.8. The first-order valence-corrected chi connectivity index (χ1v) is 6.47. The maximum absolute atomic E-state index is 11.4. The number of aliphatic carboxylic acids is 1. The third-order valence-electron chi connectivity index (χ3n) is 3.61. The molecule has 0 aliphatic heterocycles. The van der Waals surface area contributed by atoms with E-state index < -0.39 is 11.4 Å². The molecule has 0 aromatic heterocycles. The van der Waals surface area contributed by atoms with Gasteiger partial charge in [-0.05, 0) is 50.1 Å². The van der Waals surface area contributed by atoms with Crippen LogP contribution >= 0.6 is 15.9 Å². The number of benzene rings is 1. The SMILES string of the molecule is CNC(c1cc(Br)ccc1C)C1(C(=O)O)CC1. The highest BCUT2D eigenvalue weighted by atomic mass is 79.9. The predicted octanol–water partition coefficient (Wildman–Crippen LogP) is 2.88. The average Bonchev–Trinajstić information content (AvgIpc) is 3.06. The summed E-state index contributed by atoms with van der Waals surface area (Å²) in [6.07, 6.45) is 1.50. The first-order chi connectivity index (χ1) is 8.01. The zero-order chi connectivity index (χ0) is 12.6. The summed E-state index contributed by atoms with van der Waals surface area (Å²) in [4.78, 5) is 11.4. The minimum absolute atomic E-state index is 0.113. The van der Waals surface area contributed by atoms with Crippen molar-refractivity contribution in [3.63, 3.8) is 0 Å². The van der Waals surface area contributed by atoms with Crippen molar-refractivity contribution in [3.05, 3.63) is 33.8 Å². The molecule has 92 valence electrons. The van der Waals surface area contributed by atoms with Crippen LogP contribution in [-0.4, -0.2) is 18.1 Å². The lowest BCUT2D eigenvalue weighted by Crippen LogP contribution is -2.33. The lowest BCUT2D eigenvalue weighted by molar-refractivity contribution is -0.144. The van der Waals surface area contributed by atoms with Gasteiger partial charge in [0.05, 0.1) is 5.41 Å². The second kappa shape index (κ2) is 4.42. The number of rotatable bonds is 4. The van der Waals surface area contributed by atoms with Gasteiger partial charge in [0.1, 0.15) is 0 Å². The number of carboxylic acids is 1. The molecule has 1 atom stereocenters. The molecule has 1 aliphatic rings. The Morgan fingerprint density at radius 2 is 2.18 bits per heavy atom. The summed E-state index contributed by atoms with van der Waals surface area (Å²) in [6, 6.07) is 5.89. The Morgan fingerprint density at radius 1 is 1.53 bits per heavy atom. The lowest BCUT2D eigenvalue weighted by Gasteiger charge is -2.25. The van der Waals surface area contributed by atoms with Gasteiger partial charge in [-0.15, -0.1) is 0 Å². The van der Waals surface area contributed by atoms with Crippen LogP contribution in [-0.2, 0) is 4.79 Å². The Labute approximate surface area is 109 Å². The average molecular weight is 298 g/mol. The molecule has 1 aliphatic carbocycles. The number of aryl methyl sites for hydroxylation is 1. The smallest absolute Gasteiger partial charge is 0.311 e. The van der Waals surface area contributed by atoms with Crippen LogP contribution in [0.25, 0.3) is 0 Å². The number of hydrogen-bond donors (Lipinski definition) is 2. The fourth-order valence-corrected chi connectivity index (χ4v) is 2.79. The molecule has 3 nitrogen and oxygen atoms in total. The van der Waals surface area contributed by atoms with Gasteiger partial charge < -0.3 is 10.4 Å². The number of carboxylic acid groups (broad SMARTS) is 1. The van der Waals surface area contributed by atoms with E-state index in [1.807, 2.05) is 32.2 Å². The van der Waals surface area contributed by atoms with Crippen LogP contribution in [0.5, 0.6) is 0 Å². The van der Waals surface area contributed by atoms with Gasteiger partial charge in [-0.1, -0.05) is 22.0 Å². The van der Waals surface area contributed by atoms with E-state index in [2.05, 4.69) is 21.2 Å². The molecule has 0 saturated heterocycles. The minimum atomic E-state index is -0.698. The van der Waals surface area contributed by atoms with Crippen LogP contribution in [0.2, 0.25) is 0 Å². The summed E-state index contributed by atoms with van der Waals surface area (Å²) in [5.41, 5.74) is 1.59. The van der Waals surface area contributed by atoms with E-state index in [0.29, 0.717) is 0 Å². The van der Waals surface area contributed by atoms with Gasteiger partial charge >= 0.3 is 5.97 Å². The molecular weight excluding hydrogens is 282 g/mol. The number of carbonyl (C=O) groups is 1. The Balaban J connectivity index is 2.42. The molecule has 1 aromatic rings. The van der Waals surface area contributed by atoms with Crippen LogP contribution in [0.15, 0.2) is 22.7 Å². The topological polar surface area (TPSA) is 49.3 Å². The first-order valence-electron chi connectivity index (χ1n) is 5.68. The van der Waals surface area contributed by atoms with Crippen LogP contribution in [0.3, 0.4) is 0 Å². The lowest BCUT2D eigenvalue weighted by atomic mass is 9.88. The molecule has 2 rings (SSSR count). The van der Waals surface area contributed by atoms with Gasteiger partial charge in [-0.3, -0.25) is 4.79 Å². The van der Waals surface area contributed by atoms with Crippen molar-refractivity contribution in [3.8, 4) is 0 Å². The summed E-state index contributed by atoms with van der Waals surface area (Å²) in [6.45, 7) is 2.02. The molecule has 0 amide bonds. The highest BCUT2D eigenvalue weighted by Crippen LogP contribution is 2.55. The van der Waals surface area contributed by atoms with Crippen LogP contribution < -0.4 is 5.32 Å². The van der Waals surface area contributed by atoms with E-state index in [1.54, 1.807) is 0 Å². The van der Waals surface area contributed by atoms with Crippen molar-refractivity contribution in [1.82, 2.24) is 5.32 Å². The van der Waals surface area contributed by atoms with E-state index in [0.717, 1.165) is 28.4 Å². The Bertz CT molecular complexity index is 455. The number of halogens is 1. The Kier molecular flexibility index (Phi) is 3.27. The van der Waals surface area contributed by atoms with Crippen LogP contribution in [0.4, 0.5) is 0 Å². The van der Waals surface area contributed by atoms with Gasteiger partial charge in [0.25, 0.3) is 0 Å². The highest BCUT2D eigenvalue weighted by Gasteiger charge is 2.56. The third-order valence-corrected chi connectivity index (χ3v) is 4.10. The van der Waals surface area contributed by atoms with Crippen molar-refractivity contribution >= 4 is 21.9 Å². The monoisotopic (exact) mass is 297 g/mol. The highest BCUT2D eigenvalue weighted by molar-refractivity contribution is 9.10. The number of nitrogens with one attached hydrogen (secondary N) is 1. The summed E-state index contributed by atoms with van der Waals surface area (Å²) in [7, 11) is 1.83. The van der Waals surface area contributed by atoms with E-state index in [4.69, 9.17) is 0 Å². The summed E-state index contributed by atoms with van der Waals surface area (Å²) in [5, 5.41) is 12.5. The molecule has 0 bridgehead atoms. The van der Waals surface area contributed by atoms with Crippen molar-refractivity contribution in [2.24, 2.45) is 5.41 Å². The molecule has 0 spiro atoms. The maximum Gasteiger partial charge on any atom is 0.311 e. The van der Waals surface area contributed by atoms with Crippen molar-refractivity contribution in [1.29, 1.82) is 0 Å². The molecule has 4 heteroatoms. The van der Waals surface area contributed by atoms with E-state index in [9.17, 15) is 9.90 Å². The molecule has 1 unspecified atom stereocenters. The standard InChI is InChI=1S/C13H16BrNO2/c1-8-3-4-9(14)7-10(8)11(15-2)13(5-6-13)12(16)17/h3-4,7,11,15H,5-6H2,1-2H3,(H,16,17). The molecular formula is C13H16BrNO2. The zero-order valence-corrected chi connectivity index (χ0v) is 11.5. The van der Waals surface area contributed by atoms with Crippen molar-refractivity contribution < 1.29 is 9.90 Å². The van der Waals surface area contributed by atoms with Gasteiger partial charge in [-0.2, -0.15) is 0 Å².